The maximum Gasteiger partial charge on any atom is 0.0406 e. The lowest BCUT2D eigenvalue weighted by atomic mass is 9.98. The maximum absolute atomic E-state index is 6.28. The standard InChI is InChI=1S/C16H25ClN2/c1-2-15-5-3-4-11-19(15)12-10-16(18)13-6-8-14(17)9-7-13/h6-9,15-16H,2-5,10-12,18H2,1H3. The molecule has 106 valence electrons. The first-order valence-corrected chi connectivity index (χ1v) is 7.83. The van der Waals surface area contributed by atoms with Crippen LogP contribution in [-0.4, -0.2) is 24.0 Å². The number of hydrogen-bond acceptors (Lipinski definition) is 2. The normalized spacial score (nSPS) is 22.4. The Morgan fingerprint density at radius 2 is 2.05 bits per heavy atom. The van der Waals surface area contributed by atoms with Gasteiger partial charge < -0.3 is 10.6 Å². The highest BCUT2D eigenvalue weighted by Gasteiger charge is 2.21. The van der Waals surface area contributed by atoms with Crippen molar-refractivity contribution >= 4 is 11.6 Å². The zero-order valence-electron chi connectivity index (χ0n) is 11.8. The van der Waals surface area contributed by atoms with E-state index in [2.05, 4.69) is 11.8 Å². The third-order valence-electron chi connectivity index (χ3n) is 4.25. The molecular formula is C16H25ClN2. The van der Waals surface area contributed by atoms with E-state index in [4.69, 9.17) is 17.3 Å². The number of hydrogen-bond donors (Lipinski definition) is 1. The zero-order chi connectivity index (χ0) is 13.7. The van der Waals surface area contributed by atoms with Crippen LogP contribution in [0.5, 0.6) is 0 Å². The molecule has 0 bridgehead atoms. The number of rotatable bonds is 5. The molecule has 1 aliphatic heterocycles. The molecule has 1 aliphatic rings. The lowest BCUT2D eigenvalue weighted by Gasteiger charge is -2.35. The van der Waals surface area contributed by atoms with E-state index in [1.54, 1.807) is 0 Å². The van der Waals surface area contributed by atoms with Crippen LogP contribution in [0.1, 0.15) is 50.6 Å². The van der Waals surface area contributed by atoms with Crippen molar-refractivity contribution in [2.24, 2.45) is 5.73 Å². The summed E-state index contributed by atoms with van der Waals surface area (Å²) in [6, 6.07) is 8.82. The van der Waals surface area contributed by atoms with Crippen LogP contribution in [0, 0.1) is 0 Å². The van der Waals surface area contributed by atoms with Crippen molar-refractivity contribution < 1.29 is 0 Å². The molecule has 0 aromatic heterocycles. The second-order valence-corrected chi connectivity index (χ2v) is 5.98. The van der Waals surface area contributed by atoms with Crippen molar-refractivity contribution in [3.63, 3.8) is 0 Å². The number of nitrogens with two attached hydrogens (primary N) is 1. The fourth-order valence-electron chi connectivity index (χ4n) is 3.00. The summed E-state index contributed by atoms with van der Waals surface area (Å²) in [5, 5.41) is 0.776. The molecule has 0 spiro atoms. The Kier molecular flexibility index (Phi) is 5.68. The fraction of sp³-hybridized carbons (Fsp3) is 0.625. The van der Waals surface area contributed by atoms with Gasteiger partial charge in [0.15, 0.2) is 0 Å². The molecule has 3 heteroatoms. The molecule has 2 unspecified atom stereocenters. The molecule has 2 nitrogen and oxygen atoms in total. The molecule has 1 heterocycles. The molecule has 2 atom stereocenters. The van der Waals surface area contributed by atoms with Crippen LogP contribution in [-0.2, 0) is 0 Å². The number of nitrogens with zero attached hydrogens (tertiary/aromatic N) is 1. The van der Waals surface area contributed by atoms with Gasteiger partial charge in [0.05, 0.1) is 0 Å². The quantitative estimate of drug-likeness (QED) is 0.883. The second-order valence-electron chi connectivity index (χ2n) is 5.54. The SMILES string of the molecule is CCC1CCCCN1CCC(N)c1ccc(Cl)cc1. The Morgan fingerprint density at radius 1 is 1.32 bits per heavy atom. The number of likely N-dealkylation sites (tertiary alicyclic amines) is 1. The van der Waals surface area contributed by atoms with Crippen molar-refractivity contribution in [2.75, 3.05) is 13.1 Å². The average Bonchev–Trinajstić information content (AvgIpc) is 2.45. The summed E-state index contributed by atoms with van der Waals surface area (Å²) in [4.78, 5) is 2.62. The Labute approximate surface area is 121 Å². The highest BCUT2D eigenvalue weighted by atomic mass is 35.5. The molecule has 2 rings (SSSR count). The number of halogens is 1. The molecular weight excluding hydrogens is 256 g/mol. The van der Waals surface area contributed by atoms with E-state index >= 15 is 0 Å². The van der Waals surface area contributed by atoms with Crippen LogP contribution in [0.2, 0.25) is 5.02 Å². The van der Waals surface area contributed by atoms with Gasteiger partial charge in [-0.2, -0.15) is 0 Å². The Morgan fingerprint density at radius 3 is 2.74 bits per heavy atom. The van der Waals surface area contributed by atoms with E-state index in [0.29, 0.717) is 0 Å². The zero-order valence-corrected chi connectivity index (χ0v) is 12.6. The maximum atomic E-state index is 6.28. The molecule has 0 saturated carbocycles. The first-order chi connectivity index (χ1) is 9.20. The highest BCUT2D eigenvalue weighted by molar-refractivity contribution is 6.30. The van der Waals surface area contributed by atoms with Gasteiger partial charge in [-0.05, 0) is 49.9 Å². The van der Waals surface area contributed by atoms with E-state index in [1.807, 2.05) is 24.3 Å². The second kappa shape index (κ2) is 7.28. The summed E-state index contributed by atoms with van der Waals surface area (Å²) < 4.78 is 0. The summed E-state index contributed by atoms with van der Waals surface area (Å²) in [5.74, 6) is 0. The lowest BCUT2D eigenvalue weighted by molar-refractivity contribution is 0.139. The van der Waals surface area contributed by atoms with E-state index in [1.165, 1.54) is 37.8 Å². The third kappa shape index (κ3) is 4.20. The van der Waals surface area contributed by atoms with E-state index in [-0.39, 0.29) is 6.04 Å². The van der Waals surface area contributed by atoms with Gasteiger partial charge in [-0.15, -0.1) is 0 Å². The van der Waals surface area contributed by atoms with Crippen LogP contribution in [0.15, 0.2) is 24.3 Å². The molecule has 1 fully saturated rings. The molecule has 1 saturated heterocycles. The molecule has 0 amide bonds. The third-order valence-corrected chi connectivity index (χ3v) is 4.50. The minimum Gasteiger partial charge on any atom is -0.324 e. The topological polar surface area (TPSA) is 29.3 Å². The first kappa shape index (κ1) is 14.8. The van der Waals surface area contributed by atoms with Crippen LogP contribution in [0.4, 0.5) is 0 Å². The van der Waals surface area contributed by atoms with Crippen molar-refractivity contribution in [2.45, 2.75) is 51.1 Å². The number of benzene rings is 1. The minimum atomic E-state index is 0.122. The van der Waals surface area contributed by atoms with Gasteiger partial charge in [-0.1, -0.05) is 37.1 Å². The summed E-state index contributed by atoms with van der Waals surface area (Å²) in [7, 11) is 0. The molecule has 0 radical (unpaired) electrons. The summed E-state index contributed by atoms with van der Waals surface area (Å²) in [6.45, 7) is 4.65. The molecule has 19 heavy (non-hydrogen) atoms. The summed E-state index contributed by atoms with van der Waals surface area (Å²) >= 11 is 5.90. The molecule has 2 N–H and O–H groups in total. The van der Waals surface area contributed by atoms with Gasteiger partial charge in [0.25, 0.3) is 0 Å². The van der Waals surface area contributed by atoms with Gasteiger partial charge >= 0.3 is 0 Å². The van der Waals surface area contributed by atoms with Crippen LogP contribution >= 0.6 is 11.6 Å². The first-order valence-electron chi connectivity index (χ1n) is 7.45. The van der Waals surface area contributed by atoms with Crippen LogP contribution < -0.4 is 5.73 Å². The van der Waals surface area contributed by atoms with Gasteiger partial charge in [0.2, 0.25) is 0 Å². The van der Waals surface area contributed by atoms with E-state index in [0.717, 1.165) is 24.0 Å². The Balaban J connectivity index is 1.85. The van der Waals surface area contributed by atoms with Crippen molar-refractivity contribution in [1.82, 2.24) is 4.90 Å². The van der Waals surface area contributed by atoms with Gasteiger partial charge in [0.1, 0.15) is 0 Å². The Hall–Kier alpha value is -0.570. The van der Waals surface area contributed by atoms with Crippen molar-refractivity contribution in [3.05, 3.63) is 34.9 Å². The monoisotopic (exact) mass is 280 g/mol. The summed E-state index contributed by atoms with van der Waals surface area (Å²) in [5.41, 5.74) is 7.47. The van der Waals surface area contributed by atoms with Crippen LogP contribution in [0.3, 0.4) is 0 Å². The Bertz CT molecular complexity index is 377. The largest absolute Gasteiger partial charge is 0.324 e. The molecule has 0 aliphatic carbocycles. The van der Waals surface area contributed by atoms with Gasteiger partial charge in [0, 0.05) is 23.7 Å². The van der Waals surface area contributed by atoms with E-state index in [9.17, 15) is 0 Å². The highest BCUT2D eigenvalue weighted by Crippen LogP contribution is 2.22. The predicted octanol–water partition coefficient (Wildman–Crippen LogP) is 3.99. The average molecular weight is 281 g/mol. The summed E-state index contributed by atoms with van der Waals surface area (Å²) in [6.07, 6.45) is 6.37. The smallest absolute Gasteiger partial charge is 0.0406 e. The van der Waals surface area contributed by atoms with Gasteiger partial charge in [-0.3, -0.25) is 0 Å². The van der Waals surface area contributed by atoms with E-state index < -0.39 is 0 Å². The van der Waals surface area contributed by atoms with Crippen LogP contribution in [0.25, 0.3) is 0 Å². The molecule has 1 aromatic rings. The fourth-order valence-corrected chi connectivity index (χ4v) is 3.12. The van der Waals surface area contributed by atoms with Crippen molar-refractivity contribution in [1.29, 1.82) is 0 Å². The lowest BCUT2D eigenvalue weighted by Crippen LogP contribution is -2.40. The predicted molar refractivity (Wildman–Crippen MR) is 82.5 cm³/mol. The van der Waals surface area contributed by atoms with Crippen molar-refractivity contribution in [3.8, 4) is 0 Å². The number of piperidine rings is 1. The van der Waals surface area contributed by atoms with Gasteiger partial charge in [-0.25, -0.2) is 0 Å². The molecule has 1 aromatic carbocycles. The minimum absolute atomic E-state index is 0.122.